The second-order valence-electron chi connectivity index (χ2n) is 4.24. The number of guanidine groups is 1. The predicted molar refractivity (Wildman–Crippen MR) is 97.4 cm³/mol. The molecular weight excluding hydrogens is 404 g/mol. The Kier molecular flexibility index (Phi) is 5.59. The van der Waals surface area contributed by atoms with Gasteiger partial charge in [-0.15, -0.1) is 11.3 Å². The van der Waals surface area contributed by atoms with E-state index in [4.69, 9.17) is 57.9 Å². The zero-order chi connectivity index (χ0) is 17.3. The first-order valence-corrected chi connectivity index (χ1v) is 8.30. The van der Waals surface area contributed by atoms with Gasteiger partial charge in [-0.2, -0.15) is 4.99 Å². The van der Waals surface area contributed by atoms with Crippen LogP contribution in [0.25, 0.3) is 11.3 Å². The lowest BCUT2D eigenvalue weighted by molar-refractivity contribution is -0.114. The van der Waals surface area contributed by atoms with Crippen LogP contribution in [-0.2, 0) is 4.79 Å². The molecule has 2 rings (SSSR count). The second-order valence-corrected chi connectivity index (χ2v) is 6.59. The first kappa shape index (κ1) is 18.1. The summed E-state index contributed by atoms with van der Waals surface area (Å²) in [5, 5.41) is 4.79. The number of hydrogen-bond acceptors (Lipinski definition) is 4. The fraction of sp³-hybridized carbons (Fsp3) is 0.0833. The van der Waals surface area contributed by atoms with Crippen LogP contribution in [0, 0.1) is 0 Å². The lowest BCUT2D eigenvalue weighted by Gasteiger charge is -2.14. The van der Waals surface area contributed by atoms with Crippen molar-refractivity contribution in [3.63, 3.8) is 0 Å². The number of aromatic nitrogens is 1. The van der Waals surface area contributed by atoms with E-state index in [1.165, 1.54) is 18.3 Å². The van der Waals surface area contributed by atoms with Crippen molar-refractivity contribution in [2.45, 2.75) is 6.92 Å². The van der Waals surface area contributed by atoms with Gasteiger partial charge in [0.2, 0.25) is 11.0 Å². The van der Waals surface area contributed by atoms with Crippen molar-refractivity contribution in [2.75, 3.05) is 5.32 Å². The van der Waals surface area contributed by atoms with Gasteiger partial charge >= 0.3 is 0 Å². The molecule has 1 aromatic carbocycles. The van der Waals surface area contributed by atoms with Crippen molar-refractivity contribution in [1.29, 1.82) is 0 Å². The maximum absolute atomic E-state index is 11.2. The number of rotatable bonds is 3. The minimum Gasteiger partial charge on any atom is -0.370 e. The number of carbonyl (C=O) groups excluding carboxylic acids is 1. The zero-order valence-electron chi connectivity index (χ0n) is 11.5. The Morgan fingerprint density at radius 2 is 1.74 bits per heavy atom. The van der Waals surface area contributed by atoms with Crippen molar-refractivity contribution in [1.82, 2.24) is 4.98 Å². The van der Waals surface area contributed by atoms with E-state index in [0.29, 0.717) is 16.4 Å². The SMILES string of the molecule is CC(=O)Nc1c(Cl)c(Cl)c(-c2csc(N=C(N)N)n2)c(Cl)c1Cl. The molecule has 122 valence electrons. The number of nitrogens with one attached hydrogen (secondary N) is 1. The minimum atomic E-state index is -0.364. The van der Waals surface area contributed by atoms with E-state index in [9.17, 15) is 4.79 Å². The van der Waals surface area contributed by atoms with E-state index < -0.39 is 0 Å². The van der Waals surface area contributed by atoms with Crippen LogP contribution in [0.4, 0.5) is 10.8 Å². The molecule has 0 fully saturated rings. The van der Waals surface area contributed by atoms with Crippen molar-refractivity contribution >= 4 is 80.4 Å². The molecule has 1 heterocycles. The summed E-state index contributed by atoms with van der Waals surface area (Å²) in [4.78, 5) is 19.3. The molecule has 0 bridgehead atoms. The Bertz CT molecular complexity index is 787. The van der Waals surface area contributed by atoms with Gasteiger partial charge in [-0.1, -0.05) is 46.4 Å². The van der Waals surface area contributed by atoms with Gasteiger partial charge in [0.15, 0.2) is 5.96 Å². The molecular formula is C12H9Cl4N5OS. The van der Waals surface area contributed by atoms with Crippen LogP contribution in [0.15, 0.2) is 10.4 Å². The number of amides is 1. The number of aliphatic imine (C=N–C) groups is 1. The highest BCUT2D eigenvalue weighted by Gasteiger charge is 2.23. The summed E-state index contributed by atoms with van der Waals surface area (Å²) >= 11 is 26.1. The highest BCUT2D eigenvalue weighted by Crippen LogP contribution is 2.49. The minimum absolute atomic E-state index is 0.0580. The lowest BCUT2D eigenvalue weighted by Crippen LogP contribution is -2.21. The Balaban J connectivity index is 2.62. The summed E-state index contributed by atoms with van der Waals surface area (Å²) < 4.78 is 0. The van der Waals surface area contributed by atoms with Gasteiger partial charge in [-0.3, -0.25) is 4.79 Å². The van der Waals surface area contributed by atoms with Gasteiger partial charge in [-0.05, 0) is 0 Å². The van der Waals surface area contributed by atoms with Crippen molar-refractivity contribution in [2.24, 2.45) is 16.5 Å². The van der Waals surface area contributed by atoms with Crippen molar-refractivity contribution in [3.05, 3.63) is 25.5 Å². The smallest absolute Gasteiger partial charge is 0.221 e. The summed E-state index contributed by atoms with van der Waals surface area (Å²) in [7, 11) is 0. The van der Waals surface area contributed by atoms with Crippen molar-refractivity contribution in [3.8, 4) is 11.3 Å². The molecule has 0 aliphatic carbocycles. The Morgan fingerprint density at radius 1 is 1.17 bits per heavy atom. The molecule has 0 spiro atoms. The Morgan fingerprint density at radius 3 is 2.22 bits per heavy atom. The molecule has 0 aliphatic heterocycles. The van der Waals surface area contributed by atoms with E-state index in [2.05, 4.69) is 15.3 Å². The zero-order valence-corrected chi connectivity index (χ0v) is 15.3. The number of anilines is 1. The van der Waals surface area contributed by atoms with Gasteiger partial charge in [0.1, 0.15) is 0 Å². The fourth-order valence-electron chi connectivity index (χ4n) is 1.68. The molecule has 6 nitrogen and oxygen atoms in total. The average Bonchev–Trinajstić information content (AvgIpc) is 2.89. The summed E-state index contributed by atoms with van der Waals surface area (Å²) in [6.45, 7) is 1.31. The van der Waals surface area contributed by atoms with Crippen LogP contribution >= 0.6 is 57.7 Å². The van der Waals surface area contributed by atoms with Gasteiger partial charge in [0.05, 0.1) is 31.5 Å². The highest BCUT2D eigenvalue weighted by atomic mass is 35.5. The topological polar surface area (TPSA) is 106 Å². The van der Waals surface area contributed by atoms with E-state index in [1.54, 1.807) is 5.38 Å². The van der Waals surface area contributed by atoms with Gasteiger partial charge in [0.25, 0.3) is 0 Å². The molecule has 0 aliphatic rings. The van der Waals surface area contributed by atoms with Crippen LogP contribution in [0.1, 0.15) is 6.92 Å². The molecule has 0 saturated heterocycles. The number of hydrogen-bond donors (Lipinski definition) is 3. The quantitative estimate of drug-likeness (QED) is 0.397. The van der Waals surface area contributed by atoms with Crippen LogP contribution in [0.2, 0.25) is 20.1 Å². The standard InChI is InChI=1S/C12H9Cl4N5OS/c1-3(22)19-10-8(15)6(13)5(7(14)9(10)16)4-2-23-12(20-4)21-11(17)18/h2H,1H3,(H,19,22)(H4,17,18,20,21). The molecule has 5 N–H and O–H groups in total. The van der Waals surface area contributed by atoms with Gasteiger partial charge < -0.3 is 16.8 Å². The lowest BCUT2D eigenvalue weighted by atomic mass is 10.1. The van der Waals surface area contributed by atoms with Gasteiger partial charge in [0, 0.05) is 17.9 Å². The summed E-state index contributed by atoms with van der Waals surface area (Å²) in [6, 6.07) is 0. The van der Waals surface area contributed by atoms with E-state index in [0.717, 1.165) is 0 Å². The third kappa shape index (κ3) is 3.81. The Hall–Kier alpha value is -1.25. The first-order chi connectivity index (χ1) is 10.7. The molecule has 0 saturated carbocycles. The number of nitrogens with zero attached hydrogens (tertiary/aromatic N) is 2. The third-order valence-corrected chi connectivity index (χ3v) is 4.98. The number of carbonyl (C=O) groups is 1. The average molecular weight is 413 g/mol. The molecule has 1 aromatic heterocycles. The number of halogens is 4. The maximum Gasteiger partial charge on any atom is 0.221 e. The van der Waals surface area contributed by atoms with Crippen LogP contribution in [-0.4, -0.2) is 16.9 Å². The van der Waals surface area contributed by atoms with Crippen LogP contribution in [0.5, 0.6) is 0 Å². The Labute approximate surface area is 155 Å². The predicted octanol–water partition coefficient (Wildman–Crippen LogP) is 4.29. The van der Waals surface area contributed by atoms with E-state index >= 15 is 0 Å². The molecule has 11 heteroatoms. The molecule has 0 unspecified atom stereocenters. The van der Waals surface area contributed by atoms with Crippen LogP contribution < -0.4 is 16.8 Å². The highest BCUT2D eigenvalue weighted by molar-refractivity contribution is 7.13. The number of nitrogens with two attached hydrogens (primary N) is 2. The first-order valence-electron chi connectivity index (χ1n) is 5.91. The summed E-state index contributed by atoms with van der Waals surface area (Å²) in [5.41, 5.74) is 11.5. The van der Waals surface area contributed by atoms with Gasteiger partial charge in [-0.25, -0.2) is 4.98 Å². The molecule has 23 heavy (non-hydrogen) atoms. The van der Waals surface area contributed by atoms with Crippen LogP contribution in [0.3, 0.4) is 0 Å². The third-order valence-electron chi connectivity index (χ3n) is 2.54. The largest absolute Gasteiger partial charge is 0.370 e. The summed E-state index contributed by atoms with van der Waals surface area (Å²) in [5.74, 6) is -0.488. The molecule has 0 radical (unpaired) electrons. The van der Waals surface area contributed by atoms with E-state index in [1.807, 2.05) is 0 Å². The second kappa shape index (κ2) is 7.11. The number of thiazole rings is 1. The van der Waals surface area contributed by atoms with Crippen molar-refractivity contribution < 1.29 is 4.79 Å². The molecule has 0 atom stereocenters. The number of benzene rings is 1. The molecule has 2 aromatic rings. The fourth-order valence-corrected chi connectivity index (χ4v) is 3.52. The van der Waals surface area contributed by atoms with E-state index in [-0.39, 0.29) is 37.6 Å². The molecule has 1 amide bonds. The monoisotopic (exact) mass is 411 g/mol. The summed E-state index contributed by atoms with van der Waals surface area (Å²) in [6.07, 6.45) is 0. The normalized spacial score (nSPS) is 10.5. The maximum atomic E-state index is 11.2.